The fraction of sp³-hybridized carbons (Fsp3) is 0.0909. The summed E-state index contributed by atoms with van der Waals surface area (Å²) in [4.78, 5) is 21.2. The van der Waals surface area contributed by atoms with Crippen molar-refractivity contribution in [3.63, 3.8) is 0 Å². The molecule has 0 bridgehead atoms. The molecule has 0 aliphatic carbocycles. The van der Waals surface area contributed by atoms with E-state index in [2.05, 4.69) is 10.2 Å². The Kier molecular flexibility index (Phi) is 3.25. The molecule has 0 spiro atoms. The van der Waals surface area contributed by atoms with Gasteiger partial charge in [-0.2, -0.15) is 5.10 Å². The summed E-state index contributed by atoms with van der Waals surface area (Å²) < 4.78 is 0. The van der Waals surface area contributed by atoms with Crippen molar-refractivity contribution in [3.8, 4) is 0 Å². The van der Waals surface area contributed by atoms with Gasteiger partial charge in [0.05, 0.1) is 16.7 Å². The smallest absolute Gasteiger partial charge is 0.354 e. The summed E-state index contributed by atoms with van der Waals surface area (Å²) in [6.07, 6.45) is -0.309. The van der Waals surface area contributed by atoms with Crippen molar-refractivity contribution < 1.29 is 19.9 Å². The lowest BCUT2D eigenvalue weighted by atomic mass is 10.0. The van der Waals surface area contributed by atoms with Crippen LogP contribution in [0.3, 0.4) is 0 Å². The molecule has 3 N–H and O–H groups in total. The average Bonchev–Trinajstić information content (AvgIpc) is 2.87. The van der Waals surface area contributed by atoms with Crippen molar-refractivity contribution in [3.05, 3.63) is 57.4 Å². The van der Waals surface area contributed by atoms with Crippen molar-refractivity contribution in [1.29, 1.82) is 0 Å². The van der Waals surface area contributed by atoms with Gasteiger partial charge >= 0.3 is 5.97 Å². The number of aromatic nitrogens is 2. The molecular formula is C11H9N3O5. The summed E-state index contributed by atoms with van der Waals surface area (Å²) in [5, 5.41) is 35.6. The predicted molar refractivity (Wildman–Crippen MR) is 62.7 cm³/mol. The minimum Gasteiger partial charge on any atom is -0.477 e. The first-order valence-corrected chi connectivity index (χ1v) is 5.20. The monoisotopic (exact) mass is 263 g/mol. The first-order chi connectivity index (χ1) is 9.02. The molecule has 0 fully saturated rings. The molecule has 0 aliphatic rings. The number of H-pyrrole nitrogens is 1. The number of hydrogen-bond donors (Lipinski definition) is 3. The summed E-state index contributed by atoms with van der Waals surface area (Å²) in [6.45, 7) is 0. The largest absolute Gasteiger partial charge is 0.477 e. The number of carboxylic acid groups (broad SMARTS) is 1. The quantitative estimate of drug-likeness (QED) is 0.559. The number of aromatic carboxylic acids is 1. The van der Waals surface area contributed by atoms with Gasteiger partial charge in [0.2, 0.25) is 0 Å². The first-order valence-electron chi connectivity index (χ1n) is 5.20. The fourth-order valence-corrected chi connectivity index (χ4v) is 1.73. The molecule has 19 heavy (non-hydrogen) atoms. The summed E-state index contributed by atoms with van der Waals surface area (Å²) in [7, 11) is 0. The Bertz CT molecular complexity index is 637. The molecule has 1 atom stereocenters. The van der Waals surface area contributed by atoms with Crippen molar-refractivity contribution in [2.45, 2.75) is 6.10 Å². The molecule has 1 aromatic carbocycles. The fourth-order valence-electron chi connectivity index (χ4n) is 1.73. The number of carboxylic acids is 1. The number of nitro benzene ring substituents is 1. The van der Waals surface area contributed by atoms with E-state index in [-0.39, 0.29) is 22.5 Å². The zero-order valence-electron chi connectivity index (χ0n) is 9.48. The first kappa shape index (κ1) is 12.7. The van der Waals surface area contributed by atoms with Gasteiger partial charge in [-0.1, -0.05) is 12.1 Å². The standard InChI is InChI=1S/C11H9N3O5/c15-10(7-5-12-13-9(7)11(16)17)6-3-1-2-4-8(6)14(18)19/h1-5,10,15H,(H,12,13)(H,16,17). The summed E-state index contributed by atoms with van der Waals surface area (Å²) in [6, 6.07) is 5.58. The van der Waals surface area contributed by atoms with Gasteiger partial charge in [-0.05, 0) is 6.07 Å². The number of rotatable bonds is 4. The van der Waals surface area contributed by atoms with E-state index in [0.29, 0.717) is 0 Å². The Labute approximate surface area is 106 Å². The second kappa shape index (κ2) is 4.86. The van der Waals surface area contributed by atoms with E-state index in [1.165, 1.54) is 24.3 Å². The van der Waals surface area contributed by atoms with E-state index >= 15 is 0 Å². The number of hydrogen-bond acceptors (Lipinski definition) is 5. The molecule has 1 heterocycles. The molecular weight excluding hydrogens is 254 g/mol. The van der Waals surface area contributed by atoms with Crippen molar-refractivity contribution in [1.82, 2.24) is 10.2 Å². The normalized spacial score (nSPS) is 12.1. The van der Waals surface area contributed by atoms with E-state index in [1.54, 1.807) is 0 Å². The van der Waals surface area contributed by atoms with Crippen LogP contribution < -0.4 is 0 Å². The maximum Gasteiger partial charge on any atom is 0.354 e. The Balaban J connectivity index is 2.50. The van der Waals surface area contributed by atoms with Crippen LogP contribution in [0, 0.1) is 10.1 Å². The minimum atomic E-state index is -1.44. The van der Waals surface area contributed by atoms with Gasteiger partial charge in [-0.25, -0.2) is 4.79 Å². The summed E-state index contributed by atoms with van der Waals surface area (Å²) in [5.41, 5.74) is -0.601. The van der Waals surface area contributed by atoms with E-state index in [0.717, 1.165) is 6.20 Å². The van der Waals surface area contributed by atoms with Crippen LogP contribution in [0.25, 0.3) is 0 Å². The highest BCUT2D eigenvalue weighted by Gasteiger charge is 2.26. The minimum absolute atomic E-state index is 0.0106. The third kappa shape index (κ3) is 2.29. The maximum atomic E-state index is 10.9. The van der Waals surface area contributed by atoms with E-state index < -0.39 is 17.0 Å². The number of nitro groups is 1. The molecule has 1 aromatic heterocycles. The number of carbonyl (C=O) groups is 1. The number of aromatic amines is 1. The van der Waals surface area contributed by atoms with Crippen LogP contribution >= 0.6 is 0 Å². The zero-order valence-corrected chi connectivity index (χ0v) is 9.48. The van der Waals surface area contributed by atoms with Gasteiger partial charge in [0.25, 0.3) is 5.69 Å². The Morgan fingerprint density at radius 3 is 2.68 bits per heavy atom. The van der Waals surface area contributed by atoms with Crippen molar-refractivity contribution >= 4 is 11.7 Å². The predicted octanol–water partition coefficient (Wildman–Crippen LogP) is 1.10. The van der Waals surface area contributed by atoms with Crippen LogP contribution in [0.4, 0.5) is 5.69 Å². The molecule has 98 valence electrons. The van der Waals surface area contributed by atoms with Crippen LogP contribution in [0.2, 0.25) is 0 Å². The van der Waals surface area contributed by atoms with Gasteiger partial charge in [-0.15, -0.1) is 0 Å². The van der Waals surface area contributed by atoms with Crippen molar-refractivity contribution in [2.24, 2.45) is 0 Å². The third-order valence-corrected chi connectivity index (χ3v) is 2.61. The number of benzene rings is 1. The highest BCUT2D eigenvalue weighted by molar-refractivity contribution is 5.87. The Hall–Kier alpha value is -2.74. The van der Waals surface area contributed by atoms with Gasteiger partial charge in [-0.3, -0.25) is 15.2 Å². The van der Waals surface area contributed by atoms with E-state index in [1.807, 2.05) is 0 Å². The average molecular weight is 263 g/mol. The molecule has 8 heteroatoms. The highest BCUT2D eigenvalue weighted by Crippen LogP contribution is 2.30. The Morgan fingerprint density at radius 2 is 2.05 bits per heavy atom. The molecule has 2 rings (SSSR count). The Morgan fingerprint density at radius 1 is 1.37 bits per heavy atom. The molecule has 8 nitrogen and oxygen atoms in total. The molecule has 2 aromatic rings. The van der Waals surface area contributed by atoms with E-state index in [9.17, 15) is 20.0 Å². The second-order valence-corrected chi connectivity index (χ2v) is 3.72. The van der Waals surface area contributed by atoms with E-state index in [4.69, 9.17) is 5.11 Å². The molecule has 0 saturated carbocycles. The highest BCUT2D eigenvalue weighted by atomic mass is 16.6. The van der Waals surface area contributed by atoms with Gasteiger partial charge < -0.3 is 10.2 Å². The summed E-state index contributed by atoms with van der Waals surface area (Å²) >= 11 is 0. The molecule has 0 amide bonds. The third-order valence-electron chi connectivity index (χ3n) is 2.61. The van der Waals surface area contributed by atoms with Crippen LogP contribution in [-0.2, 0) is 0 Å². The SMILES string of the molecule is O=C(O)c1[nH]ncc1C(O)c1ccccc1[N+](=O)[O-]. The molecule has 0 aliphatic heterocycles. The molecule has 0 saturated heterocycles. The van der Waals surface area contributed by atoms with Crippen molar-refractivity contribution in [2.75, 3.05) is 0 Å². The maximum absolute atomic E-state index is 10.9. The zero-order chi connectivity index (χ0) is 14.0. The van der Waals surface area contributed by atoms with Crippen LogP contribution in [0.15, 0.2) is 30.5 Å². The number of para-hydroxylation sites is 1. The topological polar surface area (TPSA) is 129 Å². The van der Waals surface area contributed by atoms with Gasteiger partial charge in [0.15, 0.2) is 0 Å². The number of aliphatic hydroxyl groups excluding tert-OH is 1. The lowest BCUT2D eigenvalue weighted by Crippen LogP contribution is -2.08. The number of aliphatic hydroxyl groups is 1. The summed E-state index contributed by atoms with van der Waals surface area (Å²) in [5.74, 6) is -1.30. The number of nitrogens with zero attached hydrogens (tertiary/aromatic N) is 2. The van der Waals surface area contributed by atoms with Gasteiger partial charge in [0, 0.05) is 11.6 Å². The van der Waals surface area contributed by atoms with Gasteiger partial charge in [0.1, 0.15) is 11.8 Å². The number of nitrogens with one attached hydrogen (secondary N) is 1. The molecule has 0 radical (unpaired) electrons. The van der Waals surface area contributed by atoms with Crippen LogP contribution in [0.5, 0.6) is 0 Å². The lowest BCUT2D eigenvalue weighted by molar-refractivity contribution is -0.386. The molecule has 1 unspecified atom stereocenters. The van der Waals surface area contributed by atoms with Crippen LogP contribution in [0.1, 0.15) is 27.7 Å². The van der Waals surface area contributed by atoms with Crippen LogP contribution in [-0.4, -0.2) is 31.3 Å². The lowest BCUT2D eigenvalue weighted by Gasteiger charge is -2.10. The second-order valence-electron chi connectivity index (χ2n) is 3.72.